The van der Waals surface area contributed by atoms with Crippen molar-refractivity contribution in [2.24, 2.45) is 5.41 Å². The molecule has 0 aliphatic carbocycles. The summed E-state index contributed by atoms with van der Waals surface area (Å²) < 4.78 is 0. The monoisotopic (exact) mass is 261 g/mol. The van der Waals surface area contributed by atoms with Gasteiger partial charge in [0.25, 0.3) is 0 Å². The first-order valence-electron chi connectivity index (χ1n) is 7.09. The van der Waals surface area contributed by atoms with E-state index in [1.165, 1.54) is 0 Å². The van der Waals surface area contributed by atoms with Gasteiger partial charge in [0.15, 0.2) is 0 Å². The molecule has 1 aliphatic rings. The summed E-state index contributed by atoms with van der Waals surface area (Å²) in [5.74, 6) is 0.165. The van der Waals surface area contributed by atoms with E-state index >= 15 is 0 Å². The molecular formula is C15H23N3O. The lowest BCUT2D eigenvalue weighted by atomic mass is 9.77. The minimum Gasteiger partial charge on any atom is -0.349 e. The molecule has 1 aromatic rings. The van der Waals surface area contributed by atoms with Gasteiger partial charge in [0.2, 0.25) is 5.91 Å². The molecule has 2 atom stereocenters. The van der Waals surface area contributed by atoms with Crippen LogP contribution in [0.15, 0.2) is 24.5 Å². The van der Waals surface area contributed by atoms with Crippen LogP contribution in [0.25, 0.3) is 0 Å². The van der Waals surface area contributed by atoms with Crippen LogP contribution in [-0.2, 0) is 4.79 Å². The van der Waals surface area contributed by atoms with Crippen LogP contribution >= 0.6 is 0 Å². The predicted octanol–water partition coefficient (Wildman–Crippen LogP) is 2.04. The quantitative estimate of drug-likeness (QED) is 0.872. The van der Waals surface area contributed by atoms with Crippen LogP contribution in [0.1, 0.15) is 44.7 Å². The van der Waals surface area contributed by atoms with Crippen molar-refractivity contribution in [3.8, 4) is 0 Å². The summed E-state index contributed by atoms with van der Waals surface area (Å²) in [4.78, 5) is 16.7. The average Bonchev–Trinajstić information content (AvgIpc) is 2.48. The first-order chi connectivity index (χ1) is 9.18. The van der Waals surface area contributed by atoms with Crippen molar-refractivity contribution in [1.82, 2.24) is 15.6 Å². The number of carbonyl (C=O) groups excluding carboxylic acids is 1. The van der Waals surface area contributed by atoms with E-state index in [2.05, 4.69) is 22.5 Å². The van der Waals surface area contributed by atoms with Crippen molar-refractivity contribution < 1.29 is 4.79 Å². The van der Waals surface area contributed by atoms with Gasteiger partial charge in [-0.05, 0) is 44.4 Å². The number of piperidine rings is 1. The minimum absolute atomic E-state index is 0.00607. The van der Waals surface area contributed by atoms with Crippen molar-refractivity contribution in [3.05, 3.63) is 30.1 Å². The number of amides is 1. The van der Waals surface area contributed by atoms with Crippen LogP contribution in [-0.4, -0.2) is 24.0 Å². The Balaban J connectivity index is 2.03. The molecule has 1 saturated heterocycles. The summed E-state index contributed by atoms with van der Waals surface area (Å²) in [5, 5.41) is 6.49. The van der Waals surface area contributed by atoms with Gasteiger partial charge in [0.05, 0.1) is 11.5 Å². The number of rotatable bonds is 4. The van der Waals surface area contributed by atoms with Crippen LogP contribution in [0, 0.1) is 5.41 Å². The van der Waals surface area contributed by atoms with E-state index in [4.69, 9.17) is 0 Å². The van der Waals surface area contributed by atoms with E-state index in [0.29, 0.717) is 0 Å². The van der Waals surface area contributed by atoms with E-state index in [9.17, 15) is 4.79 Å². The fraction of sp³-hybridized carbons (Fsp3) is 0.600. The Labute approximate surface area is 115 Å². The highest BCUT2D eigenvalue weighted by Crippen LogP contribution is 2.31. The molecule has 2 unspecified atom stereocenters. The Bertz CT molecular complexity index is 413. The second kappa shape index (κ2) is 6.15. The molecule has 4 nitrogen and oxygen atoms in total. The largest absolute Gasteiger partial charge is 0.349 e. The SMILES string of the molecule is CCC1(C(=O)NC(C)c2cccnc2)CCCNC1. The van der Waals surface area contributed by atoms with E-state index in [1.54, 1.807) is 6.20 Å². The number of carbonyl (C=O) groups is 1. The zero-order chi connectivity index (χ0) is 13.7. The molecule has 0 radical (unpaired) electrons. The fourth-order valence-corrected chi connectivity index (χ4v) is 2.69. The summed E-state index contributed by atoms with van der Waals surface area (Å²) in [6, 6.07) is 3.90. The van der Waals surface area contributed by atoms with Gasteiger partial charge >= 0.3 is 0 Å². The lowest BCUT2D eigenvalue weighted by molar-refractivity contribution is -0.133. The molecule has 19 heavy (non-hydrogen) atoms. The van der Waals surface area contributed by atoms with E-state index in [0.717, 1.165) is 37.9 Å². The number of hydrogen-bond donors (Lipinski definition) is 2. The summed E-state index contributed by atoms with van der Waals surface area (Å²) in [7, 11) is 0. The van der Waals surface area contributed by atoms with Crippen LogP contribution in [0.5, 0.6) is 0 Å². The number of hydrogen-bond acceptors (Lipinski definition) is 3. The van der Waals surface area contributed by atoms with Crippen molar-refractivity contribution in [1.29, 1.82) is 0 Å². The van der Waals surface area contributed by atoms with Crippen molar-refractivity contribution in [2.45, 2.75) is 39.2 Å². The van der Waals surface area contributed by atoms with Gasteiger partial charge in [-0.15, -0.1) is 0 Å². The molecule has 1 aromatic heterocycles. The van der Waals surface area contributed by atoms with Gasteiger partial charge in [0, 0.05) is 18.9 Å². The highest BCUT2D eigenvalue weighted by atomic mass is 16.2. The first kappa shape index (κ1) is 14.0. The minimum atomic E-state index is -0.241. The molecule has 0 bridgehead atoms. The molecule has 0 aromatic carbocycles. The number of nitrogens with one attached hydrogen (secondary N) is 2. The highest BCUT2D eigenvalue weighted by molar-refractivity contribution is 5.83. The maximum absolute atomic E-state index is 12.6. The lowest BCUT2D eigenvalue weighted by Crippen LogP contribution is -2.50. The van der Waals surface area contributed by atoms with Gasteiger partial charge in [-0.3, -0.25) is 9.78 Å². The smallest absolute Gasteiger partial charge is 0.227 e. The van der Waals surface area contributed by atoms with Gasteiger partial charge in [-0.2, -0.15) is 0 Å². The molecule has 0 saturated carbocycles. The van der Waals surface area contributed by atoms with E-state index in [1.807, 2.05) is 25.3 Å². The summed E-state index contributed by atoms with van der Waals surface area (Å²) in [6.07, 6.45) is 6.48. The fourth-order valence-electron chi connectivity index (χ4n) is 2.69. The van der Waals surface area contributed by atoms with Gasteiger partial charge in [-0.25, -0.2) is 0 Å². The second-order valence-electron chi connectivity index (χ2n) is 5.40. The molecule has 1 aliphatic heterocycles. The van der Waals surface area contributed by atoms with E-state index in [-0.39, 0.29) is 17.4 Å². The Kier molecular flexibility index (Phi) is 4.53. The number of aromatic nitrogens is 1. The highest BCUT2D eigenvalue weighted by Gasteiger charge is 2.38. The molecule has 4 heteroatoms. The summed E-state index contributed by atoms with van der Waals surface area (Å²) in [6.45, 7) is 5.91. The molecule has 1 fully saturated rings. The third kappa shape index (κ3) is 3.13. The lowest BCUT2D eigenvalue weighted by Gasteiger charge is -2.36. The Morgan fingerprint density at radius 3 is 3.05 bits per heavy atom. The summed E-state index contributed by atoms with van der Waals surface area (Å²) in [5.41, 5.74) is 0.806. The van der Waals surface area contributed by atoms with Gasteiger partial charge in [-0.1, -0.05) is 13.0 Å². The first-order valence-corrected chi connectivity index (χ1v) is 7.09. The number of pyridine rings is 1. The van der Waals surface area contributed by atoms with E-state index < -0.39 is 0 Å². The Morgan fingerprint density at radius 2 is 2.47 bits per heavy atom. The average molecular weight is 261 g/mol. The standard InChI is InChI=1S/C15H23N3O/c1-3-15(7-5-9-17-11-15)14(19)18-12(2)13-6-4-8-16-10-13/h4,6,8,10,12,17H,3,5,7,9,11H2,1-2H3,(H,18,19). The maximum atomic E-state index is 12.6. The third-order valence-electron chi connectivity index (χ3n) is 4.16. The Morgan fingerprint density at radius 1 is 1.63 bits per heavy atom. The maximum Gasteiger partial charge on any atom is 0.227 e. The van der Waals surface area contributed by atoms with Crippen molar-refractivity contribution in [2.75, 3.05) is 13.1 Å². The molecule has 104 valence electrons. The summed E-state index contributed by atoms with van der Waals surface area (Å²) >= 11 is 0. The van der Waals surface area contributed by atoms with Crippen molar-refractivity contribution in [3.63, 3.8) is 0 Å². The number of nitrogens with zero attached hydrogens (tertiary/aromatic N) is 1. The zero-order valence-corrected chi connectivity index (χ0v) is 11.8. The van der Waals surface area contributed by atoms with Gasteiger partial charge in [0.1, 0.15) is 0 Å². The molecule has 0 spiro atoms. The van der Waals surface area contributed by atoms with Crippen LogP contribution in [0.2, 0.25) is 0 Å². The topological polar surface area (TPSA) is 54.0 Å². The zero-order valence-electron chi connectivity index (χ0n) is 11.8. The molecule has 2 rings (SSSR count). The van der Waals surface area contributed by atoms with Gasteiger partial charge < -0.3 is 10.6 Å². The normalized spacial score (nSPS) is 24.7. The molecule has 2 heterocycles. The Hall–Kier alpha value is -1.42. The van der Waals surface area contributed by atoms with Crippen LogP contribution < -0.4 is 10.6 Å². The predicted molar refractivity (Wildman–Crippen MR) is 75.6 cm³/mol. The van der Waals surface area contributed by atoms with Crippen molar-refractivity contribution >= 4 is 5.91 Å². The molecular weight excluding hydrogens is 238 g/mol. The molecule has 2 N–H and O–H groups in total. The van der Waals surface area contributed by atoms with Crippen LogP contribution in [0.4, 0.5) is 0 Å². The second-order valence-corrected chi connectivity index (χ2v) is 5.40. The third-order valence-corrected chi connectivity index (χ3v) is 4.16. The van der Waals surface area contributed by atoms with Crippen LogP contribution in [0.3, 0.4) is 0 Å². The molecule has 1 amide bonds.